The number of carboxylic acid groups (broad SMARTS) is 1. The molecule has 0 aliphatic carbocycles. The summed E-state index contributed by atoms with van der Waals surface area (Å²) in [6, 6.07) is 6.10. The molecule has 1 saturated heterocycles. The van der Waals surface area contributed by atoms with Crippen LogP contribution in [-0.4, -0.2) is 41.8 Å². The first kappa shape index (κ1) is 14.7. The van der Waals surface area contributed by atoms with E-state index >= 15 is 0 Å². The van der Waals surface area contributed by atoms with Crippen molar-refractivity contribution in [2.75, 3.05) is 24.6 Å². The third-order valence-corrected chi connectivity index (χ3v) is 3.18. The highest BCUT2D eigenvalue weighted by molar-refractivity contribution is 5.68. The van der Waals surface area contributed by atoms with Gasteiger partial charge in [-0.3, -0.25) is 14.9 Å². The zero-order chi connectivity index (χ0) is 15.4. The molecule has 1 aliphatic rings. The fraction of sp³-hybridized carbons (Fsp3) is 0.385. The van der Waals surface area contributed by atoms with Crippen molar-refractivity contribution in [2.24, 2.45) is 0 Å². The first-order valence-electron chi connectivity index (χ1n) is 6.28. The van der Waals surface area contributed by atoms with Crippen LogP contribution in [0.1, 0.15) is 12.0 Å². The van der Waals surface area contributed by atoms with Gasteiger partial charge in [0, 0.05) is 19.2 Å². The van der Waals surface area contributed by atoms with E-state index in [1.54, 1.807) is 4.90 Å². The fourth-order valence-electron chi connectivity index (χ4n) is 2.26. The van der Waals surface area contributed by atoms with Gasteiger partial charge in [-0.05, 0) is 12.1 Å². The van der Waals surface area contributed by atoms with Crippen molar-refractivity contribution in [2.45, 2.75) is 12.5 Å². The smallest absolute Gasteiger partial charge is 0.306 e. The summed E-state index contributed by atoms with van der Waals surface area (Å²) in [6.07, 6.45) is -0.660. The molecule has 1 N–H and O–H groups in total. The van der Waals surface area contributed by atoms with E-state index in [1.165, 1.54) is 18.2 Å². The van der Waals surface area contributed by atoms with Gasteiger partial charge < -0.3 is 14.7 Å². The summed E-state index contributed by atoms with van der Waals surface area (Å²) in [6.45, 7) is 0.997. The minimum absolute atomic E-state index is 0.152. The molecule has 1 aromatic rings. The molecule has 1 unspecified atom stereocenters. The number of aliphatic carboxylic acids is 1. The minimum Gasteiger partial charge on any atom is -0.481 e. The van der Waals surface area contributed by atoms with Crippen LogP contribution in [0.15, 0.2) is 18.2 Å². The van der Waals surface area contributed by atoms with Gasteiger partial charge in [-0.15, -0.1) is 0 Å². The Labute approximate surface area is 120 Å². The molecule has 0 amide bonds. The lowest BCUT2D eigenvalue weighted by Crippen LogP contribution is -2.43. The number of morpholine rings is 1. The molecule has 0 bridgehead atoms. The standard InChI is InChI=1S/C13H13N3O5/c14-7-9-1-2-11(12(5-9)16(19)20)15-3-4-21-10(8-15)6-13(17)18/h1-2,5,10H,3-4,6,8H2,(H,17,18). The van der Waals surface area contributed by atoms with Crippen LogP contribution in [0, 0.1) is 21.4 Å². The summed E-state index contributed by atoms with van der Waals surface area (Å²) < 4.78 is 5.34. The van der Waals surface area contributed by atoms with Crippen LogP contribution in [0.2, 0.25) is 0 Å². The monoisotopic (exact) mass is 291 g/mol. The highest BCUT2D eigenvalue weighted by atomic mass is 16.6. The first-order chi connectivity index (χ1) is 10.0. The molecule has 8 nitrogen and oxygen atoms in total. The second-order valence-corrected chi connectivity index (χ2v) is 4.61. The molecule has 2 rings (SSSR count). The second kappa shape index (κ2) is 6.19. The Balaban J connectivity index is 2.26. The Kier molecular flexibility index (Phi) is 4.35. The molecule has 1 aliphatic heterocycles. The predicted molar refractivity (Wildman–Crippen MR) is 72.0 cm³/mol. The Morgan fingerprint density at radius 1 is 1.62 bits per heavy atom. The molecule has 1 aromatic carbocycles. The van der Waals surface area contributed by atoms with E-state index in [9.17, 15) is 14.9 Å². The number of carbonyl (C=O) groups is 1. The van der Waals surface area contributed by atoms with Crippen molar-refractivity contribution in [3.63, 3.8) is 0 Å². The highest BCUT2D eigenvalue weighted by Gasteiger charge is 2.27. The number of carboxylic acids is 1. The molecule has 8 heteroatoms. The average Bonchev–Trinajstić information content (AvgIpc) is 2.46. The van der Waals surface area contributed by atoms with Crippen molar-refractivity contribution >= 4 is 17.3 Å². The Morgan fingerprint density at radius 3 is 3.00 bits per heavy atom. The molecule has 21 heavy (non-hydrogen) atoms. The molecule has 0 radical (unpaired) electrons. The maximum Gasteiger partial charge on any atom is 0.306 e. The van der Waals surface area contributed by atoms with Crippen molar-refractivity contribution in [1.82, 2.24) is 0 Å². The molecular formula is C13H13N3O5. The van der Waals surface area contributed by atoms with E-state index in [0.29, 0.717) is 18.8 Å². The highest BCUT2D eigenvalue weighted by Crippen LogP contribution is 2.30. The van der Waals surface area contributed by atoms with Crippen molar-refractivity contribution in [3.05, 3.63) is 33.9 Å². The summed E-state index contributed by atoms with van der Waals surface area (Å²) in [5.41, 5.74) is 0.420. The number of nitro groups is 1. The lowest BCUT2D eigenvalue weighted by atomic mass is 10.1. The van der Waals surface area contributed by atoms with E-state index in [4.69, 9.17) is 15.1 Å². The topological polar surface area (TPSA) is 117 Å². The summed E-state index contributed by atoms with van der Waals surface area (Å²) in [4.78, 5) is 23.0. The number of ether oxygens (including phenoxy) is 1. The van der Waals surface area contributed by atoms with E-state index in [2.05, 4.69) is 0 Å². The number of nitriles is 1. The van der Waals surface area contributed by atoms with E-state index < -0.39 is 17.0 Å². The Bertz CT molecular complexity index is 610. The normalized spacial score (nSPS) is 18.0. The molecule has 0 saturated carbocycles. The van der Waals surface area contributed by atoms with E-state index in [1.807, 2.05) is 6.07 Å². The molecule has 1 heterocycles. The third kappa shape index (κ3) is 3.46. The maximum atomic E-state index is 11.1. The van der Waals surface area contributed by atoms with Crippen molar-refractivity contribution in [1.29, 1.82) is 5.26 Å². The van der Waals surface area contributed by atoms with Crippen molar-refractivity contribution < 1.29 is 19.6 Å². The van der Waals surface area contributed by atoms with Crippen LogP contribution < -0.4 is 4.90 Å². The molecule has 0 spiro atoms. The molecular weight excluding hydrogens is 278 g/mol. The van der Waals surface area contributed by atoms with Crippen LogP contribution in [0.25, 0.3) is 0 Å². The molecule has 1 atom stereocenters. The number of hydrogen-bond donors (Lipinski definition) is 1. The van der Waals surface area contributed by atoms with E-state index in [0.717, 1.165) is 0 Å². The summed E-state index contributed by atoms with van der Waals surface area (Å²) >= 11 is 0. The number of nitro benzene ring substituents is 1. The van der Waals surface area contributed by atoms with Gasteiger partial charge in [0.1, 0.15) is 5.69 Å². The Hall–Kier alpha value is -2.66. The van der Waals surface area contributed by atoms with Gasteiger partial charge in [0.15, 0.2) is 0 Å². The lowest BCUT2D eigenvalue weighted by molar-refractivity contribution is -0.384. The number of rotatable bonds is 4. The van der Waals surface area contributed by atoms with E-state index in [-0.39, 0.29) is 24.2 Å². The van der Waals surface area contributed by atoms with Crippen LogP contribution in [0.4, 0.5) is 11.4 Å². The number of benzene rings is 1. The first-order valence-corrected chi connectivity index (χ1v) is 6.28. The summed E-state index contributed by atoms with van der Waals surface area (Å²) in [7, 11) is 0. The van der Waals surface area contributed by atoms with Crippen LogP contribution in [-0.2, 0) is 9.53 Å². The number of anilines is 1. The third-order valence-electron chi connectivity index (χ3n) is 3.18. The molecule has 110 valence electrons. The maximum absolute atomic E-state index is 11.1. The largest absolute Gasteiger partial charge is 0.481 e. The SMILES string of the molecule is N#Cc1ccc(N2CCOC(CC(=O)O)C2)c([N+](=O)[O-])c1. The van der Waals surface area contributed by atoms with Crippen LogP contribution in [0.5, 0.6) is 0 Å². The second-order valence-electron chi connectivity index (χ2n) is 4.61. The number of hydrogen-bond acceptors (Lipinski definition) is 6. The molecule has 0 aromatic heterocycles. The van der Waals surface area contributed by atoms with Crippen molar-refractivity contribution in [3.8, 4) is 6.07 Å². The quantitative estimate of drug-likeness (QED) is 0.653. The van der Waals surface area contributed by atoms with Crippen LogP contribution in [0.3, 0.4) is 0 Å². The fourth-order valence-corrected chi connectivity index (χ4v) is 2.26. The molecule has 1 fully saturated rings. The van der Waals surface area contributed by atoms with Gasteiger partial charge in [-0.1, -0.05) is 0 Å². The predicted octanol–water partition coefficient (Wildman–Crippen LogP) is 1.15. The van der Waals surface area contributed by atoms with Gasteiger partial charge in [0.25, 0.3) is 5.69 Å². The zero-order valence-corrected chi connectivity index (χ0v) is 11.1. The lowest BCUT2D eigenvalue weighted by Gasteiger charge is -2.33. The van der Waals surface area contributed by atoms with Gasteiger partial charge in [0.05, 0.1) is 35.7 Å². The average molecular weight is 291 g/mol. The van der Waals surface area contributed by atoms with Gasteiger partial charge in [-0.2, -0.15) is 5.26 Å². The Morgan fingerprint density at radius 2 is 2.38 bits per heavy atom. The van der Waals surface area contributed by atoms with Gasteiger partial charge in [0.2, 0.25) is 0 Å². The van der Waals surface area contributed by atoms with Gasteiger partial charge in [-0.25, -0.2) is 0 Å². The summed E-state index contributed by atoms with van der Waals surface area (Å²) in [5, 5.41) is 28.7. The van der Waals surface area contributed by atoms with Crippen LogP contribution >= 0.6 is 0 Å². The van der Waals surface area contributed by atoms with Gasteiger partial charge >= 0.3 is 5.97 Å². The summed E-state index contributed by atoms with van der Waals surface area (Å²) in [5.74, 6) is -0.976. The number of nitrogens with zero attached hydrogens (tertiary/aromatic N) is 3. The minimum atomic E-state index is -0.976. The zero-order valence-electron chi connectivity index (χ0n) is 11.1.